The number of thiocyanates is 1. The number of carbonyl (C=O) groups excluding carboxylic acids is 1. The molecular formula is C13H12Cl2N2OS. The summed E-state index contributed by atoms with van der Waals surface area (Å²) in [6.07, 6.45) is 3.24. The second-order valence-electron chi connectivity index (χ2n) is 4.32. The molecule has 0 N–H and O–H groups in total. The lowest BCUT2D eigenvalue weighted by molar-refractivity contribution is 0.0724. The van der Waals surface area contributed by atoms with Gasteiger partial charge >= 0.3 is 0 Å². The Labute approximate surface area is 126 Å². The second kappa shape index (κ2) is 6.51. The molecule has 1 aliphatic rings. The summed E-state index contributed by atoms with van der Waals surface area (Å²) in [7, 11) is 0. The highest BCUT2D eigenvalue weighted by Gasteiger charge is 2.20. The molecule has 6 heteroatoms. The molecule has 1 fully saturated rings. The van der Waals surface area contributed by atoms with E-state index in [2.05, 4.69) is 0 Å². The first kappa shape index (κ1) is 14.5. The van der Waals surface area contributed by atoms with Crippen LogP contribution in [-0.4, -0.2) is 23.9 Å². The first-order chi connectivity index (χ1) is 9.13. The van der Waals surface area contributed by atoms with Gasteiger partial charge in [-0.25, -0.2) is 0 Å². The van der Waals surface area contributed by atoms with Crippen molar-refractivity contribution in [1.29, 1.82) is 5.26 Å². The zero-order valence-corrected chi connectivity index (χ0v) is 12.5. The zero-order valence-electron chi connectivity index (χ0n) is 10.2. The highest BCUT2D eigenvalue weighted by molar-refractivity contribution is 8.04. The van der Waals surface area contributed by atoms with E-state index >= 15 is 0 Å². The van der Waals surface area contributed by atoms with E-state index in [0.29, 0.717) is 20.5 Å². The Kier molecular flexibility index (Phi) is 4.98. The van der Waals surface area contributed by atoms with Gasteiger partial charge in [-0.15, -0.1) is 0 Å². The van der Waals surface area contributed by atoms with Gasteiger partial charge in [-0.2, -0.15) is 5.26 Å². The lowest BCUT2D eigenvalue weighted by atomic mass is 10.1. The van der Waals surface area contributed by atoms with Gasteiger partial charge in [-0.3, -0.25) is 4.79 Å². The number of piperidine rings is 1. The van der Waals surface area contributed by atoms with Crippen LogP contribution in [0.4, 0.5) is 0 Å². The third-order valence-electron chi connectivity index (χ3n) is 3.04. The molecule has 0 bridgehead atoms. The summed E-state index contributed by atoms with van der Waals surface area (Å²) in [4.78, 5) is 14.6. The molecule has 1 heterocycles. The van der Waals surface area contributed by atoms with Crippen molar-refractivity contribution in [3.05, 3.63) is 27.7 Å². The highest BCUT2D eigenvalue weighted by atomic mass is 35.5. The lowest BCUT2D eigenvalue weighted by Crippen LogP contribution is -2.35. The monoisotopic (exact) mass is 314 g/mol. The van der Waals surface area contributed by atoms with Gasteiger partial charge in [0, 0.05) is 18.7 Å². The van der Waals surface area contributed by atoms with E-state index in [0.717, 1.165) is 37.7 Å². The van der Waals surface area contributed by atoms with Crippen molar-refractivity contribution < 1.29 is 4.79 Å². The van der Waals surface area contributed by atoms with Crippen LogP contribution in [0, 0.1) is 10.7 Å². The summed E-state index contributed by atoms with van der Waals surface area (Å²) in [6, 6.07) is 3.17. The molecule has 0 unspecified atom stereocenters. The Hall–Kier alpha value is -0.890. The van der Waals surface area contributed by atoms with E-state index in [9.17, 15) is 4.79 Å². The summed E-state index contributed by atoms with van der Waals surface area (Å²) < 4.78 is 0. The number of carbonyl (C=O) groups is 1. The average molecular weight is 315 g/mol. The summed E-state index contributed by atoms with van der Waals surface area (Å²) in [5, 5.41) is 11.3. The molecule has 1 amide bonds. The number of hydrogen-bond donors (Lipinski definition) is 0. The summed E-state index contributed by atoms with van der Waals surface area (Å²) in [5.74, 6) is -0.0444. The van der Waals surface area contributed by atoms with Gasteiger partial charge in [0.2, 0.25) is 0 Å². The molecule has 1 aromatic rings. The maximum absolute atomic E-state index is 12.3. The van der Waals surface area contributed by atoms with E-state index in [1.807, 2.05) is 10.3 Å². The van der Waals surface area contributed by atoms with E-state index < -0.39 is 0 Å². The number of rotatable bonds is 2. The molecule has 3 nitrogen and oxygen atoms in total. The molecule has 2 rings (SSSR count). The van der Waals surface area contributed by atoms with Crippen molar-refractivity contribution in [2.45, 2.75) is 24.2 Å². The van der Waals surface area contributed by atoms with Crippen molar-refractivity contribution >= 4 is 40.9 Å². The minimum atomic E-state index is -0.0444. The van der Waals surface area contributed by atoms with E-state index in [1.54, 1.807) is 12.1 Å². The number of hydrogen-bond acceptors (Lipinski definition) is 3. The number of benzene rings is 1. The van der Waals surface area contributed by atoms with Crippen LogP contribution in [0.5, 0.6) is 0 Å². The molecule has 0 saturated carbocycles. The Balaban J connectivity index is 2.25. The van der Waals surface area contributed by atoms with Gasteiger partial charge in [-0.05, 0) is 43.2 Å². The Morgan fingerprint density at radius 1 is 1.21 bits per heavy atom. The third-order valence-corrected chi connectivity index (χ3v) is 4.59. The van der Waals surface area contributed by atoms with Crippen LogP contribution >= 0.6 is 35.0 Å². The number of halogens is 2. The standard InChI is InChI=1S/C13H12Cl2N2OS/c14-10-6-9(7-11(15)12(10)19-8-16)13(18)17-4-2-1-3-5-17/h6-7H,1-5H2. The smallest absolute Gasteiger partial charge is 0.253 e. The molecule has 100 valence electrons. The summed E-state index contributed by atoms with van der Waals surface area (Å²) >= 11 is 13.0. The molecular weight excluding hydrogens is 303 g/mol. The minimum Gasteiger partial charge on any atom is -0.339 e. The van der Waals surface area contributed by atoms with Crippen LogP contribution in [0.2, 0.25) is 10.0 Å². The zero-order chi connectivity index (χ0) is 13.8. The maximum Gasteiger partial charge on any atom is 0.253 e. The van der Waals surface area contributed by atoms with Crippen molar-refractivity contribution in [2.75, 3.05) is 13.1 Å². The van der Waals surface area contributed by atoms with Crippen LogP contribution in [0.15, 0.2) is 17.0 Å². The fraction of sp³-hybridized carbons (Fsp3) is 0.385. The fourth-order valence-corrected chi connectivity index (χ4v) is 3.23. The molecule has 0 radical (unpaired) electrons. The Bertz CT molecular complexity index is 513. The topological polar surface area (TPSA) is 44.1 Å². The number of nitriles is 1. The van der Waals surface area contributed by atoms with Crippen molar-refractivity contribution in [3.8, 4) is 5.40 Å². The van der Waals surface area contributed by atoms with Gasteiger partial charge in [0.15, 0.2) is 0 Å². The van der Waals surface area contributed by atoms with E-state index in [-0.39, 0.29) is 5.91 Å². The quantitative estimate of drug-likeness (QED) is 0.607. The van der Waals surface area contributed by atoms with E-state index in [4.69, 9.17) is 28.5 Å². The molecule has 0 spiro atoms. The minimum absolute atomic E-state index is 0.0444. The SMILES string of the molecule is N#CSc1c(Cl)cc(C(=O)N2CCCCC2)cc1Cl. The predicted octanol–water partition coefficient (Wildman–Crippen LogP) is 4.19. The highest BCUT2D eigenvalue weighted by Crippen LogP contribution is 2.35. The Morgan fingerprint density at radius 3 is 2.32 bits per heavy atom. The van der Waals surface area contributed by atoms with Crippen LogP contribution in [-0.2, 0) is 0 Å². The summed E-state index contributed by atoms with van der Waals surface area (Å²) in [6.45, 7) is 1.56. The first-order valence-electron chi connectivity index (χ1n) is 5.97. The number of amides is 1. The number of likely N-dealkylation sites (tertiary alicyclic amines) is 1. The summed E-state index contributed by atoms with van der Waals surface area (Å²) in [5.41, 5.74) is 0.485. The Morgan fingerprint density at radius 2 is 1.79 bits per heavy atom. The maximum atomic E-state index is 12.3. The first-order valence-corrected chi connectivity index (χ1v) is 7.55. The third kappa shape index (κ3) is 3.36. The molecule has 0 atom stereocenters. The van der Waals surface area contributed by atoms with E-state index in [1.165, 1.54) is 6.42 Å². The van der Waals surface area contributed by atoms with Crippen molar-refractivity contribution in [3.63, 3.8) is 0 Å². The van der Waals surface area contributed by atoms with Crippen LogP contribution < -0.4 is 0 Å². The number of nitrogens with zero attached hydrogens (tertiary/aromatic N) is 2. The molecule has 0 aromatic heterocycles. The molecule has 1 aliphatic heterocycles. The molecule has 1 saturated heterocycles. The molecule has 19 heavy (non-hydrogen) atoms. The van der Waals surface area contributed by atoms with Gasteiger partial charge in [0.05, 0.1) is 14.9 Å². The second-order valence-corrected chi connectivity index (χ2v) is 5.92. The van der Waals surface area contributed by atoms with Crippen LogP contribution in [0.3, 0.4) is 0 Å². The van der Waals surface area contributed by atoms with Gasteiger partial charge < -0.3 is 4.90 Å². The number of thioether (sulfide) groups is 1. The van der Waals surface area contributed by atoms with Gasteiger partial charge in [0.1, 0.15) is 5.40 Å². The average Bonchev–Trinajstić information content (AvgIpc) is 2.43. The van der Waals surface area contributed by atoms with Crippen LogP contribution in [0.25, 0.3) is 0 Å². The molecule has 1 aromatic carbocycles. The molecule has 0 aliphatic carbocycles. The van der Waals surface area contributed by atoms with Crippen molar-refractivity contribution in [1.82, 2.24) is 4.90 Å². The predicted molar refractivity (Wildman–Crippen MR) is 77.7 cm³/mol. The largest absolute Gasteiger partial charge is 0.339 e. The van der Waals surface area contributed by atoms with Gasteiger partial charge in [-0.1, -0.05) is 23.2 Å². The normalized spacial score (nSPS) is 15.1. The van der Waals surface area contributed by atoms with Crippen LogP contribution in [0.1, 0.15) is 29.6 Å². The lowest BCUT2D eigenvalue weighted by Gasteiger charge is -2.27. The van der Waals surface area contributed by atoms with Gasteiger partial charge in [0.25, 0.3) is 5.91 Å². The van der Waals surface area contributed by atoms with Crippen molar-refractivity contribution in [2.24, 2.45) is 0 Å². The fourth-order valence-electron chi connectivity index (χ4n) is 2.11.